The van der Waals surface area contributed by atoms with Crippen molar-refractivity contribution in [3.8, 4) is 5.75 Å². The minimum absolute atomic E-state index is 0.0940. The molecule has 1 aromatic carbocycles. The molecule has 0 aliphatic carbocycles. The molecule has 1 amide bonds. The number of para-hydroxylation sites is 2. The van der Waals surface area contributed by atoms with Crippen molar-refractivity contribution in [3.05, 3.63) is 36.5 Å². The molecule has 0 saturated carbocycles. The predicted octanol–water partition coefficient (Wildman–Crippen LogP) is 2.68. The highest BCUT2D eigenvalue weighted by atomic mass is 16.5. The lowest BCUT2D eigenvalue weighted by Gasteiger charge is -2.34. The monoisotopic (exact) mass is 355 g/mol. The summed E-state index contributed by atoms with van der Waals surface area (Å²) in [6.45, 7) is 8.46. The Morgan fingerprint density at radius 2 is 1.88 bits per heavy atom. The van der Waals surface area contributed by atoms with Crippen LogP contribution in [0.5, 0.6) is 5.75 Å². The van der Waals surface area contributed by atoms with E-state index in [4.69, 9.17) is 4.74 Å². The van der Waals surface area contributed by atoms with Crippen LogP contribution in [-0.4, -0.2) is 53.1 Å². The first kappa shape index (κ1) is 18.0. The van der Waals surface area contributed by atoms with E-state index < -0.39 is 0 Å². The van der Waals surface area contributed by atoms with E-state index in [2.05, 4.69) is 20.2 Å². The smallest absolute Gasteiger partial charge is 0.227 e. The minimum atomic E-state index is 0.0940. The van der Waals surface area contributed by atoms with Crippen molar-refractivity contribution in [1.29, 1.82) is 0 Å². The lowest BCUT2D eigenvalue weighted by atomic mass is 10.3. The number of hydrogen-bond donors (Lipinski definition) is 1. The van der Waals surface area contributed by atoms with E-state index in [0.29, 0.717) is 24.9 Å². The van der Waals surface area contributed by atoms with Gasteiger partial charge in [0, 0.05) is 39.3 Å². The highest BCUT2D eigenvalue weighted by molar-refractivity contribution is 5.73. The Balaban J connectivity index is 1.72. The van der Waals surface area contributed by atoms with E-state index in [1.807, 2.05) is 49.1 Å². The normalized spacial score (nSPS) is 14.5. The fourth-order valence-electron chi connectivity index (χ4n) is 2.86. The number of ether oxygens (including phenoxy) is 1. The Labute approximate surface area is 154 Å². The van der Waals surface area contributed by atoms with Gasteiger partial charge in [-0.25, -0.2) is 4.98 Å². The second-order valence-electron chi connectivity index (χ2n) is 6.52. The Morgan fingerprint density at radius 3 is 2.58 bits per heavy atom. The first-order valence-corrected chi connectivity index (χ1v) is 8.89. The van der Waals surface area contributed by atoms with Crippen molar-refractivity contribution in [2.24, 2.45) is 0 Å². The van der Waals surface area contributed by atoms with Crippen LogP contribution in [0.2, 0.25) is 0 Å². The van der Waals surface area contributed by atoms with Crippen LogP contribution in [0.1, 0.15) is 20.8 Å². The molecular weight excluding hydrogens is 330 g/mol. The Kier molecular flexibility index (Phi) is 5.55. The summed E-state index contributed by atoms with van der Waals surface area (Å²) < 4.78 is 5.84. The first-order chi connectivity index (χ1) is 12.5. The lowest BCUT2D eigenvalue weighted by molar-refractivity contribution is -0.129. The van der Waals surface area contributed by atoms with Crippen molar-refractivity contribution in [2.45, 2.75) is 26.9 Å². The zero-order valence-corrected chi connectivity index (χ0v) is 15.5. The maximum atomic E-state index is 11.5. The van der Waals surface area contributed by atoms with Crippen LogP contribution in [0.25, 0.3) is 0 Å². The summed E-state index contributed by atoms with van der Waals surface area (Å²) in [6.07, 6.45) is 1.84. The van der Waals surface area contributed by atoms with Gasteiger partial charge in [-0.2, -0.15) is 4.98 Å². The Morgan fingerprint density at radius 1 is 1.15 bits per heavy atom. The molecular formula is C19H25N5O2. The minimum Gasteiger partial charge on any atom is -0.489 e. The number of carbonyl (C=O) groups is 1. The number of nitrogens with one attached hydrogen (secondary N) is 1. The van der Waals surface area contributed by atoms with Crippen LogP contribution >= 0.6 is 0 Å². The molecule has 1 fully saturated rings. The van der Waals surface area contributed by atoms with Crippen molar-refractivity contribution in [2.75, 3.05) is 36.4 Å². The highest BCUT2D eigenvalue weighted by Crippen LogP contribution is 2.28. The van der Waals surface area contributed by atoms with Gasteiger partial charge in [0.25, 0.3) is 0 Å². The molecule has 0 bridgehead atoms. The summed E-state index contributed by atoms with van der Waals surface area (Å²) in [5.74, 6) is 2.28. The van der Waals surface area contributed by atoms with E-state index in [1.54, 1.807) is 13.1 Å². The van der Waals surface area contributed by atoms with Gasteiger partial charge < -0.3 is 19.9 Å². The first-order valence-electron chi connectivity index (χ1n) is 8.89. The van der Waals surface area contributed by atoms with Gasteiger partial charge in [-0.1, -0.05) is 12.1 Å². The number of carbonyl (C=O) groups excluding carboxylic acids is 1. The molecule has 7 heteroatoms. The third kappa shape index (κ3) is 4.41. The zero-order chi connectivity index (χ0) is 18.5. The van der Waals surface area contributed by atoms with Crippen LogP contribution in [0.15, 0.2) is 36.5 Å². The third-order valence-electron chi connectivity index (χ3n) is 4.16. The summed E-state index contributed by atoms with van der Waals surface area (Å²) in [4.78, 5) is 24.4. The molecule has 1 saturated heterocycles. The average Bonchev–Trinajstić information content (AvgIpc) is 2.63. The quantitative estimate of drug-likeness (QED) is 0.889. The van der Waals surface area contributed by atoms with Crippen LogP contribution in [0, 0.1) is 0 Å². The second-order valence-corrected chi connectivity index (χ2v) is 6.52. The molecule has 0 spiro atoms. The number of benzene rings is 1. The molecule has 1 aliphatic rings. The maximum Gasteiger partial charge on any atom is 0.227 e. The number of rotatable bonds is 5. The van der Waals surface area contributed by atoms with Gasteiger partial charge in [0.15, 0.2) is 0 Å². The molecule has 0 radical (unpaired) electrons. The third-order valence-corrected chi connectivity index (χ3v) is 4.16. The molecule has 7 nitrogen and oxygen atoms in total. The van der Waals surface area contributed by atoms with Crippen LogP contribution in [-0.2, 0) is 4.79 Å². The van der Waals surface area contributed by atoms with Gasteiger partial charge in [0.05, 0.1) is 11.8 Å². The highest BCUT2D eigenvalue weighted by Gasteiger charge is 2.20. The van der Waals surface area contributed by atoms with E-state index >= 15 is 0 Å². The van der Waals surface area contributed by atoms with Gasteiger partial charge in [-0.05, 0) is 32.0 Å². The fraction of sp³-hybridized carbons (Fsp3) is 0.421. The summed E-state index contributed by atoms with van der Waals surface area (Å²) in [6, 6.07) is 9.64. The number of piperazine rings is 1. The maximum absolute atomic E-state index is 11.5. The van der Waals surface area contributed by atoms with E-state index in [9.17, 15) is 4.79 Å². The van der Waals surface area contributed by atoms with Gasteiger partial charge in [0.1, 0.15) is 11.6 Å². The SMILES string of the molecule is CC(=O)N1CCN(c2nccc(Nc3ccccc3OC(C)C)n2)CC1. The Bertz CT molecular complexity index is 757. The largest absolute Gasteiger partial charge is 0.489 e. The van der Waals surface area contributed by atoms with E-state index in [1.165, 1.54) is 0 Å². The lowest BCUT2D eigenvalue weighted by Crippen LogP contribution is -2.48. The molecule has 1 aromatic heterocycles. The summed E-state index contributed by atoms with van der Waals surface area (Å²) >= 11 is 0. The number of anilines is 3. The number of aromatic nitrogens is 2. The summed E-state index contributed by atoms with van der Waals surface area (Å²) in [5.41, 5.74) is 0.868. The summed E-state index contributed by atoms with van der Waals surface area (Å²) in [7, 11) is 0. The molecule has 0 unspecified atom stereocenters. The standard InChI is InChI=1S/C19H25N5O2/c1-14(2)26-17-7-5-4-6-16(17)21-18-8-9-20-19(22-18)24-12-10-23(11-13-24)15(3)25/h4-9,14H,10-13H2,1-3H3,(H,20,21,22). The van der Waals surface area contributed by atoms with Crippen LogP contribution < -0.4 is 15.0 Å². The zero-order valence-electron chi connectivity index (χ0n) is 15.5. The van der Waals surface area contributed by atoms with Gasteiger partial charge in [-0.3, -0.25) is 4.79 Å². The molecule has 1 aliphatic heterocycles. The van der Waals surface area contributed by atoms with Crippen molar-refractivity contribution in [3.63, 3.8) is 0 Å². The number of amides is 1. The molecule has 26 heavy (non-hydrogen) atoms. The number of nitrogens with zero attached hydrogens (tertiary/aromatic N) is 4. The van der Waals surface area contributed by atoms with E-state index in [0.717, 1.165) is 24.5 Å². The molecule has 0 atom stereocenters. The Hall–Kier alpha value is -2.83. The van der Waals surface area contributed by atoms with E-state index in [-0.39, 0.29) is 12.0 Å². The van der Waals surface area contributed by atoms with Gasteiger partial charge in [0.2, 0.25) is 11.9 Å². The van der Waals surface area contributed by atoms with Crippen LogP contribution in [0.3, 0.4) is 0 Å². The molecule has 2 aromatic rings. The molecule has 2 heterocycles. The van der Waals surface area contributed by atoms with Gasteiger partial charge >= 0.3 is 0 Å². The van der Waals surface area contributed by atoms with Crippen molar-refractivity contribution in [1.82, 2.24) is 14.9 Å². The fourth-order valence-corrected chi connectivity index (χ4v) is 2.86. The second kappa shape index (κ2) is 8.03. The summed E-state index contributed by atoms with van der Waals surface area (Å²) in [5, 5.41) is 3.32. The van der Waals surface area contributed by atoms with Crippen molar-refractivity contribution >= 4 is 23.4 Å². The number of hydrogen-bond acceptors (Lipinski definition) is 6. The average molecular weight is 355 g/mol. The van der Waals surface area contributed by atoms with Crippen LogP contribution in [0.4, 0.5) is 17.5 Å². The van der Waals surface area contributed by atoms with Gasteiger partial charge in [-0.15, -0.1) is 0 Å². The van der Waals surface area contributed by atoms with Crippen molar-refractivity contribution < 1.29 is 9.53 Å². The molecule has 138 valence electrons. The topological polar surface area (TPSA) is 70.6 Å². The molecule has 3 rings (SSSR count). The molecule has 1 N–H and O–H groups in total. The predicted molar refractivity (Wildman–Crippen MR) is 102 cm³/mol.